The van der Waals surface area contributed by atoms with Gasteiger partial charge in [0.2, 0.25) is 0 Å². The normalized spacial score (nSPS) is 12.4. The fourth-order valence-electron chi connectivity index (χ4n) is 1.71. The quantitative estimate of drug-likeness (QED) is 0.736. The number of rotatable bonds is 5. The Hall–Kier alpha value is -1.13. The first kappa shape index (κ1) is 14.3. The maximum absolute atomic E-state index is 13.9. The summed E-state index contributed by atoms with van der Waals surface area (Å²) >= 11 is 7.23. The van der Waals surface area contributed by atoms with Crippen molar-refractivity contribution < 1.29 is 9.13 Å². The lowest BCUT2D eigenvalue weighted by atomic mass is 10.2. The lowest BCUT2D eigenvalue weighted by molar-refractivity contribution is 0.191. The number of nitrogens with zero attached hydrogens (tertiary/aromatic N) is 1. The van der Waals surface area contributed by atoms with Crippen LogP contribution in [0, 0.1) is 12.7 Å². The van der Waals surface area contributed by atoms with Crippen molar-refractivity contribution in [3.63, 3.8) is 0 Å². The smallest absolute Gasteiger partial charge is 0.167 e. The second-order valence-corrected chi connectivity index (χ2v) is 5.37. The summed E-state index contributed by atoms with van der Waals surface area (Å²) in [6.45, 7) is 3.71. The van der Waals surface area contributed by atoms with Gasteiger partial charge in [0, 0.05) is 5.38 Å². The van der Waals surface area contributed by atoms with E-state index in [1.165, 1.54) is 11.3 Å². The molecule has 1 aromatic carbocycles. The predicted octanol–water partition coefficient (Wildman–Crippen LogP) is 4.86. The predicted molar refractivity (Wildman–Crippen MR) is 76.5 cm³/mol. The molecule has 1 unspecified atom stereocenters. The average Bonchev–Trinajstić information content (AvgIpc) is 2.89. The average molecular weight is 300 g/mol. The van der Waals surface area contributed by atoms with Crippen molar-refractivity contribution in [2.45, 2.75) is 32.3 Å². The third kappa shape index (κ3) is 3.25. The summed E-state index contributed by atoms with van der Waals surface area (Å²) in [6, 6.07) is 5.14. The molecule has 0 saturated heterocycles. The van der Waals surface area contributed by atoms with E-state index in [1.54, 1.807) is 25.1 Å². The molecule has 2 rings (SSSR count). The summed E-state index contributed by atoms with van der Waals surface area (Å²) in [4.78, 5) is 4.39. The van der Waals surface area contributed by atoms with Gasteiger partial charge in [-0.3, -0.25) is 0 Å². The van der Waals surface area contributed by atoms with E-state index >= 15 is 0 Å². The minimum Gasteiger partial charge on any atom is -0.480 e. The molecule has 5 heteroatoms. The van der Waals surface area contributed by atoms with Crippen LogP contribution in [0.1, 0.15) is 35.7 Å². The topological polar surface area (TPSA) is 22.1 Å². The van der Waals surface area contributed by atoms with Crippen molar-refractivity contribution >= 4 is 22.9 Å². The molecule has 1 aromatic heterocycles. The van der Waals surface area contributed by atoms with Crippen LogP contribution in [0.3, 0.4) is 0 Å². The van der Waals surface area contributed by atoms with Crippen LogP contribution in [-0.2, 0) is 5.88 Å². The first-order chi connectivity index (χ1) is 9.15. The van der Waals surface area contributed by atoms with E-state index < -0.39 is 0 Å². The van der Waals surface area contributed by atoms with Gasteiger partial charge in [-0.1, -0.05) is 19.1 Å². The van der Waals surface area contributed by atoms with Crippen molar-refractivity contribution in [1.29, 1.82) is 0 Å². The summed E-state index contributed by atoms with van der Waals surface area (Å²) in [5.41, 5.74) is 1.40. The molecule has 1 heterocycles. The molecule has 0 amide bonds. The fraction of sp³-hybridized carbons (Fsp3) is 0.357. The maximum atomic E-state index is 13.9. The van der Waals surface area contributed by atoms with Crippen molar-refractivity contribution in [3.05, 3.63) is 45.7 Å². The Balaban J connectivity index is 2.21. The fourth-order valence-corrected chi connectivity index (χ4v) is 2.86. The van der Waals surface area contributed by atoms with Crippen LogP contribution < -0.4 is 4.74 Å². The molecule has 0 aliphatic rings. The van der Waals surface area contributed by atoms with E-state index in [2.05, 4.69) is 4.98 Å². The standard InChI is InChI=1S/C14H15ClFNOS/c1-3-11(14-17-10(7-15)8-19-14)18-12-6-4-5-9(2)13(12)16/h4-6,8,11H,3,7H2,1-2H3. The van der Waals surface area contributed by atoms with Gasteiger partial charge in [0.1, 0.15) is 11.1 Å². The Morgan fingerprint density at radius 1 is 1.47 bits per heavy atom. The molecule has 0 radical (unpaired) electrons. The summed E-state index contributed by atoms with van der Waals surface area (Å²) < 4.78 is 19.7. The van der Waals surface area contributed by atoms with Crippen molar-refractivity contribution in [3.8, 4) is 5.75 Å². The highest BCUT2D eigenvalue weighted by Gasteiger charge is 2.17. The van der Waals surface area contributed by atoms with Crippen LogP contribution >= 0.6 is 22.9 Å². The molecular weight excluding hydrogens is 285 g/mol. The van der Waals surface area contributed by atoms with Gasteiger partial charge in [0.15, 0.2) is 11.6 Å². The van der Waals surface area contributed by atoms with Gasteiger partial charge in [-0.05, 0) is 25.0 Å². The zero-order valence-electron chi connectivity index (χ0n) is 10.8. The number of benzene rings is 1. The second kappa shape index (κ2) is 6.35. The molecule has 0 spiro atoms. The van der Waals surface area contributed by atoms with Crippen molar-refractivity contribution in [1.82, 2.24) is 4.98 Å². The van der Waals surface area contributed by atoms with Gasteiger partial charge in [-0.2, -0.15) is 0 Å². The summed E-state index contributed by atoms with van der Waals surface area (Å²) in [6.07, 6.45) is 0.487. The zero-order valence-corrected chi connectivity index (χ0v) is 12.4. The number of ether oxygens (including phenoxy) is 1. The molecule has 0 aliphatic carbocycles. The number of thiazole rings is 1. The van der Waals surface area contributed by atoms with Gasteiger partial charge in [0.25, 0.3) is 0 Å². The summed E-state index contributed by atoms with van der Waals surface area (Å²) in [5.74, 6) is 0.343. The molecule has 0 aliphatic heterocycles. The Bertz CT molecular complexity index is 558. The number of alkyl halides is 1. The number of hydrogen-bond donors (Lipinski definition) is 0. The molecule has 0 saturated carbocycles. The van der Waals surface area contributed by atoms with E-state index in [1.807, 2.05) is 12.3 Å². The minimum atomic E-state index is -0.310. The van der Waals surface area contributed by atoms with E-state index in [0.29, 0.717) is 11.4 Å². The first-order valence-electron chi connectivity index (χ1n) is 6.07. The number of halogens is 2. The van der Waals surface area contributed by atoms with Crippen LogP contribution in [0.2, 0.25) is 0 Å². The third-order valence-corrected chi connectivity index (χ3v) is 4.04. The number of aromatic nitrogens is 1. The SMILES string of the molecule is CCC(Oc1cccc(C)c1F)c1nc(CCl)cs1. The lowest BCUT2D eigenvalue weighted by Crippen LogP contribution is -2.07. The minimum absolute atomic E-state index is 0.238. The van der Waals surface area contributed by atoms with Gasteiger partial charge < -0.3 is 4.74 Å². The second-order valence-electron chi connectivity index (χ2n) is 4.21. The van der Waals surface area contributed by atoms with Crippen LogP contribution in [0.5, 0.6) is 5.75 Å². The molecule has 2 nitrogen and oxygen atoms in total. The van der Waals surface area contributed by atoms with Crippen molar-refractivity contribution in [2.24, 2.45) is 0 Å². The monoisotopic (exact) mass is 299 g/mol. The summed E-state index contributed by atoms with van der Waals surface area (Å²) in [7, 11) is 0. The van der Waals surface area contributed by atoms with Gasteiger partial charge in [-0.25, -0.2) is 9.37 Å². The molecule has 1 atom stereocenters. The molecule has 102 valence electrons. The van der Waals surface area contributed by atoms with E-state index in [4.69, 9.17) is 16.3 Å². The van der Waals surface area contributed by atoms with Crippen LogP contribution in [0.4, 0.5) is 4.39 Å². The zero-order chi connectivity index (χ0) is 13.8. The molecule has 19 heavy (non-hydrogen) atoms. The highest BCUT2D eigenvalue weighted by atomic mass is 35.5. The Morgan fingerprint density at radius 2 is 2.26 bits per heavy atom. The number of aryl methyl sites for hydroxylation is 1. The number of hydrogen-bond acceptors (Lipinski definition) is 3. The first-order valence-corrected chi connectivity index (χ1v) is 7.49. The van der Waals surface area contributed by atoms with Gasteiger partial charge >= 0.3 is 0 Å². The largest absolute Gasteiger partial charge is 0.480 e. The maximum Gasteiger partial charge on any atom is 0.167 e. The molecule has 2 aromatic rings. The highest BCUT2D eigenvalue weighted by Crippen LogP contribution is 2.30. The van der Waals surface area contributed by atoms with Gasteiger partial charge in [0.05, 0.1) is 11.6 Å². The van der Waals surface area contributed by atoms with Crippen LogP contribution in [0.25, 0.3) is 0 Å². The Kier molecular flexibility index (Phi) is 4.77. The molecule has 0 bridgehead atoms. The van der Waals surface area contributed by atoms with Crippen LogP contribution in [0.15, 0.2) is 23.6 Å². The Labute approximate surface area is 121 Å². The summed E-state index contributed by atoms with van der Waals surface area (Å²) in [5, 5.41) is 2.74. The van der Waals surface area contributed by atoms with Crippen LogP contribution in [-0.4, -0.2) is 4.98 Å². The Morgan fingerprint density at radius 3 is 2.89 bits per heavy atom. The molecule has 0 fully saturated rings. The van der Waals surface area contributed by atoms with Crippen molar-refractivity contribution in [2.75, 3.05) is 0 Å². The van der Waals surface area contributed by atoms with E-state index in [0.717, 1.165) is 17.1 Å². The third-order valence-electron chi connectivity index (χ3n) is 2.78. The van der Waals surface area contributed by atoms with Gasteiger partial charge in [-0.15, -0.1) is 22.9 Å². The van der Waals surface area contributed by atoms with E-state index in [9.17, 15) is 4.39 Å². The molecular formula is C14H15ClFNOS. The molecule has 0 N–H and O–H groups in total. The highest BCUT2D eigenvalue weighted by molar-refractivity contribution is 7.09. The lowest BCUT2D eigenvalue weighted by Gasteiger charge is -2.16. The van der Waals surface area contributed by atoms with E-state index in [-0.39, 0.29) is 17.7 Å².